The zero-order chi connectivity index (χ0) is 15.5. The maximum absolute atomic E-state index is 14.4. The van der Waals surface area contributed by atoms with Gasteiger partial charge in [0.05, 0.1) is 0 Å². The summed E-state index contributed by atoms with van der Waals surface area (Å²) in [6, 6.07) is 0. The molecule has 0 bridgehead atoms. The van der Waals surface area contributed by atoms with E-state index in [4.69, 9.17) is 0 Å². The molecule has 0 aromatic carbocycles. The van der Waals surface area contributed by atoms with Crippen LogP contribution in [0.5, 0.6) is 0 Å². The molecule has 3 fully saturated rings. The number of alkyl halides is 1. The third-order valence-corrected chi connectivity index (χ3v) is 7.38. The molecule has 3 atom stereocenters. The van der Waals surface area contributed by atoms with Crippen molar-refractivity contribution in [3.05, 3.63) is 0 Å². The van der Waals surface area contributed by atoms with Crippen molar-refractivity contribution in [1.29, 1.82) is 0 Å². The van der Waals surface area contributed by atoms with Crippen LogP contribution in [0.25, 0.3) is 0 Å². The fourth-order valence-corrected chi connectivity index (χ4v) is 5.75. The molecule has 3 aliphatic rings. The topological polar surface area (TPSA) is 0 Å². The molecule has 0 aromatic heterocycles. The zero-order valence-electron chi connectivity index (χ0n) is 14.9. The highest BCUT2D eigenvalue weighted by Gasteiger charge is 2.36. The smallest absolute Gasteiger partial charge is 0.103 e. The molecule has 0 heterocycles. The molecule has 3 aliphatic carbocycles. The standard InChI is InChI=1S/C21H37F/c1-15-3-6-17(7-4-15)14-18-8-10-19(11-9-18)20-12-5-16(2)13-21(20)22/h15-21H,3-14H2,1-2H3. The fraction of sp³-hybridized carbons (Fsp3) is 1.00. The molecule has 3 saturated carbocycles. The van der Waals surface area contributed by atoms with Crippen LogP contribution >= 0.6 is 0 Å². The summed E-state index contributed by atoms with van der Waals surface area (Å²) >= 11 is 0. The zero-order valence-corrected chi connectivity index (χ0v) is 14.9. The highest BCUT2D eigenvalue weighted by Crippen LogP contribution is 2.44. The molecule has 0 amide bonds. The Hall–Kier alpha value is -0.0700. The maximum Gasteiger partial charge on any atom is 0.103 e. The van der Waals surface area contributed by atoms with Crippen LogP contribution in [0.4, 0.5) is 4.39 Å². The van der Waals surface area contributed by atoms with Crippen molar-refractivity contribution < 1.29 is 4.39 Å². The Morgan fingerprint density at radius 1 is 0.682 bits per heavy atom. The molecular formula is C21H37F. The van der Waals surface area contributed by atoms with Gasteiger partial charge in [-0.1, -0.05) is 58.8 Å². The van der Waals surface area contributed by atoms with Crippen molar-refractivity contribution in [2.24, 2.45) is 35.5 Å². The monoisotopic (exact) mass is 308 g/mol. The van der Waals surface area contributed by atoms with Gasteiger partial charge < -0.3 is 0 Å². The van der Waals surface area contributed by atoms with E-state index in [9.17, 15) is 4.39 Å². The molecule has 1 heteroatoms. The average Bonchev–Trinajstić information content (AvgIpc) is 2.51. The van der Waals surface area contributed by atoms with Crippen LogP contribution in [-0.2, 0) is 0 Å². The predicted octanol–water partition coefficient (Wildman–Crippen LogP) is 6.78. The lowest BCUT2D eigenvalue weighted by atomic mass is 9.67. The van der Waals surface area contributed by atoms with E-state index in [-0.39, 0.29) is 0 Å². The lowest BCUT2D eigenvalue weighted by molar-refractivity contribution is 0.0590. The van der Waals surface area contributed by atoms with Gasteiger partial charge in [-0.3, -0.25) is 0 Å². The lowest BCUT2D eigenvalue weighted by Gasteiger charge is -2.40. The molecule has 3 rings (SSSR count). The van der Waals surface area contributed by atoms with Crippen molar-refractivity contribution in [2.45, 2.75) is 97.1 Å². The van der Waals surface area contributed by atoms with E-state index in [2.05, 4.69) is 13.8 Å². The number of hydrogen-bond donors (Lipinski definition) is 0. The van der Waals surface area contributed by atoms with E-state index in [0.29, 0.717) is 17.8 Å². The van der Waals surface area contributed by atoms with Crippen molar-refractivity contribution in [1.82, 2.24) is 0 Å². The van der Waals surface area contributed by atoms with Gasteiger partial charge in [0.2, 0.25) is 0 Å². The van der Waals surface area contributed by atoms with Crippen LogP contribution in [0.2, 0.25) is 0 Å². The minimum Gasteiger partial charge on any atom is -0.247 e. The molecule has 0 nitrogen and oxygen atoms in total. The van der Waals surface area contributed by atoms with E-state index in [1.165, 1.54) is 64.2 Å². The second-order valence-corrected chi connectivity index (χ2v) is 9.24. The van der Waals surface area contributed by atoms with Crippen LogP contribution in [-0.4, -0.2) is 6.17 Å². The fourth-order valence-electron chi connectivity index (χ4n) is 5.75. The molecule has 128 valence electrons. The van der Waals surface area contributed by atoms with Crippen LogP contribution < -0.4 is 0 Å². The van der Waals surface area contributed by atoms with Gasteiger partial charge in [-0.2, -0.15) is 0 Å². The average molecular weight is 309 g/mol. The Bertz CT molecular complexity index is 323. The Kier molecular flexibility index (Phi) is 5.85. The van der Waals surface area contributed by atoms with Gasteiger partial charge in [-0.15, -0.1) is 0 Å². The largest absolute Gasteiger partial charge is 0.247 e. The Morgan fingerprint density at radius 2 is 1.23 bits per heavy atom. The van der Waals surface area contributed by atoms with E-state index in [1.807, 2.05) is 0 Å². The van der Waals surface area contributed by atoms with Crippen molar-refractivity contribution in [3.8, 4) is 0 Å². The van der Waals surface area contributed by atoms with E-state index in [1.54, 1.807) is 0 Å². The minimum atomic E-state index is -0.495. The molecule has 3 unspecified atom stereocenters. The summed E-state index contributed by atoms with van der Waals surface area (Å²) < 4.78 is 14.4. The van der Waals surface area contributed by atoms with Crippen LogP contribution in [0.1, 0.15) is 90.9 Å². The molecule has 0 aromatic rings. The molecule has 0 saturated heterocycles. The molecule has 0 N–H and O–H groups in total. The van der Waals surface area contributed by atoms with Crippen LogP contribution in [0.3, 0.4) is 0 Å². The predicted molar refractivity (Wildman–Crippen MR) is 92.6 cm³/mol. The van der Waals surface area contributed by atoms with Crippen molar-refractivity contribution in [2.75, 3.05) is 0 Å². The van der Waals surface area contributed by atoms with Gasteiger partial charge in [0.25, 0.3) is 0 Å². The number of hydrogen-bond acceptors (Lipinski definition) is 0. The van der Waals surface area contributed by atoms with Crippen LogP contribution in [0, 0.1) is 35.5 Å². The van der Waals surface area contributed by atoms with E-state index >= 15 is 0 Å². The first kappa shape index (κ1) is 16.8. The van der Waals surface area contributed by atoms with E-state index < -0.39 is 6.17 Å². The van der Waals surface area contributed by atoms with Gasteiger partial charge in [0, 0.05) is 0 Å². The summed E-state index contributed by atoms with van der Waals surface area (Å²) in [7, 11) is 0. The summed E-state index contributed by atoms with van der Waals surface area (Å²) in [5, 5.41) is 0. The lowest BCUT2D eigenvalue weighted by Crippen LogP contribution is -2.33. The molecule has 0 spiro atoms. The minimum absolute atomic E-state index is 0.410. The van der Waals surface area contributed by atoms with Crippen molar-refractivity contribution >= 4 is 0 Å². The highest BCUT2D eigenvalue weighted by molar-refractivity contribution is 4.87. The van der Waals surface area contributed by atoms with E-state index in [0.717, 1.165) is 30.6 Å². The summed E-state index contributed by atoms with van der Waals surface area (Å²) in [5.41, 5.74) is 0. The van der Waals surface area contributed by atoms with Gasteiger partial charge in [-0.05, 0) is 67.6 Å². The second-order valence-electron chi connectivity index (χ2n) is 9.24. The summed E-state index contributed by atoms with van der Waals surface area (Å²) in [5.74, 6) is 4.70. The quantitative estimate of drug-likeness (QED) is 0.539. The van der Waals surface area contributed by atoms with Gasteiger partial charge >= 0.3 is 0 Å². The van der Waals surface area contributed by atoms with Gasteiger partial charge in [0.15, 0.2) is 0 Å². The summed E-state index contributed by atoms with van der Waals surface area (Å²) in [6.45, 7) is 4.64. The van der Waals surface area contributed by atoms with Gasteiger partial charge in [-0.25, -0.2) is 4.39 Å². The molecular weight excluding hydrogens is 271 g/mol. The first-order valence-electron chi connectivity index (χ1n) is 10.3. The molecule has 0 radical (unpaired) electrons. The molecule has 22 heavy (non-hydrogen) atoms. The Labute approximate surface area is 137 Å². The first-order valence-corrected chi connectivity index (χ1v) is 10.3. The molecule has 0 aliphatic heterocycles. The SMILES string of the molecule is CC1CCC(CC2CCC(C3CCC(C)CC3F)CC2)CC1. The Balaban J connectivity index is 1.40. The third kappa shape index (κ3) is 4.26. The third-order valence-electron chi connectivity index (χ3n) is 7.38. The normalized spacial score (nSPS) is 47.3. The number of halogens is 1. The maximum atomic E-state index is 14.4. The van der Waals surface area contributed by atoms with Crippen molar-refractivity contribution in [3.63, 3.8) is 0 Å². The second kappa shape index (κ2) is 7.67. The van der Waals surface area contributed by atoms with Crippen LogP contribution in [0.15, 0.2) is 0 Å². The summed E-state index contributed by atoms with van der Waals surface area (Å²) in [4.78, 5) is 0. The summed E-state index contributed by atoms with van der Waals surface area (Å²) in [6.07, 6.45) is 15.6. The Morgan fingerprint density at radius 3 is 1.82 bits per heavy atom. The van der Waals surface area contributed by atoms with Gasteiger partial charge in [0.1, 0.15) is 6.17 Å². The first-order chi connectivity index (χ1) is 10.6. The highest BCUT2D eigenvalue weighted by atomic mass is 19.1. The number of rotatable bonds is 3.